The Balaban J connectivity index is 2.73. The average Bonchev–Trinajstić information content (AvgIpc) is 2.38. The lowest BCUT2D eigenvalue weighted by Gasteiger charge is -2.17. The molecule has 110 valence electrons. The molecule has 2 atom stereocenters. The summed E-state index contributed by atoms with van der Waals surface area (Å²) in [5, 5.41) is 3.19. The number of carbonyl (C=O) groups excluding carboxylic acids is 2. The number of amides is 3. The molecule has 7 heteroatoms. The van der Waals surface area contributed by atoms with Gasteiger partial charge in [0.1, 0.15) is 11.6 Å². The predicted octanol–water partition coefficient (Wildman–Crippen LogP) is 2.60. The highest BCUT2D eigenvalue weighted by molar-refractivity contribution is 8.00. The summed E-state index contributed by atoms with van der Waals surface area (Å²) in [6, 6.07) is 3.01. The first-order chi connectivity index (χ1) is 9.36. The molecule has 0 aliphatic carbocycles. The van der Waals surface area contributed by atoms with Crippen molar-refractivity contribution in [3.63, 3.8) is 0 Å². The number of hydrogen-bond donors (Lipinski definition) is 2. The van der Waals surface area contributed by atoms with Crippen LogP contribution in [0.2, 0.25) is 0 Å². The van der Waals surface area contributed by atoms with Gasteiger partial charge in [-0.05, 0) is 26.0 Å². The van der Waals surface area contributed by atoms with Gasteiger partial charge in [0.15, 0.2) is 0 Å². The molecule has 0 aliphatic heterocycles. The molecule has 0 saturated carbocycles. The van der Waals surface area contributed by atoms with E-state index in [1.54, 1.807) is 13.8 Å². The SMILES string of the molecule is CNC(=O)NC(=O)[C@@H](C)S[C@H](C)c1c(F)cccc1F. The van der Waals surface area contributed by atoms with Crippen LogP contribution >= 0.6 is 11.8 Å². The smallest absolute Gasteiger partial charge is 0.321 e. The molecule has 0 heterocycles. The lowest BCUT2D eigenvalue weighted by Crippen LogP contribution is -2.41. The Morgan fingerprint density at radius 2 is 1.75 bits per heavy atom. The molecule has 3 amide bonds. The Kier molecular flexibility index (Phi) is 5.94. The second kappa shape index (κ2) is 7.23. The normalized spacial score (nSPS) is 13.4. The van der Waals surface area contributed by atoms with Crippen LogP contribution in [0.25, 0.3) is 0 Å². The molecule has 2 N–H and O–H groups in total. The fourth-order valence-corrected chi connectivity index (χ4v) is 2.77. The van der Waals surface area contributed by atoms with Crippen LogP contribution in [0.15, 0.2) is 18.2 Å². The Hall–Kier alpha value is -1.63. The van der Waals surface area contributed by atoms with E-state index in [1.807, 2.05) is 0 Å². The molecule has 1 rings (SSSR count). The molecular weight excluding hydrogens is 286 g/mol. The first kappa shape index (κ1) is 16.4. The molecule has 0 aromatic heterocycles. The van der Waals surface area contributed by atoms with Crippen molar-refractivity contribution in [3.8, 4) is 0 Å². The molecular formula is C13H16F2N2O2S. The highest BCUT2D eigenvalue weighted by Gasteiger charge is 2.23. The van der Waals surface area contributed by atoms with Crippen LogP contribution in [-0.2, 0) is 4.79 Å². The van der Waals surface area contributed by atoms with Gasteiger partial charge >= 0.3 is 6.03 Å². The molecule has 1 aromatic rings. The Morgan fingerprint density at radius 1 is 1.20 bits per heavy atom. The first-order valence-corrected chi connectivity index (χ1v) is 6.93. The van der Waals surface area contributed by atoms with Gasteiger partial charge in [-0.25, -0.2) is 13.6 Å². The second-order valence-corrected chi connectivity index (χ2v) is 5.81. The van der Waals surface area contributed by atoms with Crippen molar-refractivity contribution in [1.29, 1.82) is 0 Å². The van der Waals surface area contributed by atoms with Crippen LogP contribution in [0.1, 0.15) is 24.7 Å². The molecule has 1 aromatic carbocycles. The van der Waals surface area contributed by atoms with Crippen LogP contribution in [0.5, 0.6) is 0 Å². The zero-order valence-corrected chi connectivity index (χ0v) is 12.2. The number of halogens is 2. The molecule has 0 aliphatic rings. The van der Waals surface area contributed by atoms with E-state index in [0.717, 1.165) is 11.8 Å². The van der Waals surface area contributed by atoms with Gasteiger partial charge in [-0.3, -0.25) is 10.1 Å². The maximum Gasteiger partial charge on any atom is 0.321 e. The second-order valence-electron chi connectivity index (χ2n) is 4.12. The maximum absolute atomic E-state index is 13.6. The van der Waals surface area contributed by atoms with Crippen LogP contribution in [0.4, 0.5) is 13.6 Å². The summed E-state index contributed by atoms with van der Waals surface area (Å²) < 4.78 is 27.2. The van der Waals surface area contributed by atoms with Crippen LogP contribution in [-0.4, -0.2) is 24.2 Å². The van der Waals surface area contributed by atoms with Gasteiger partial charge in [-0.1, -0.05) is 6.07 Å². The molecule has 0 fully saturated rings. The zero-order valence-electron chi connectivity index (χ0n) is 11.4. The van der Waals surface area contributed by atoms with Crippen LogP contribution in [0, 0.1) is 11.6 Å². The van der Waals surface area contributed by atoms with E-state index >= 15 is 0 Å². The summed E-state index contributed by atoms with van der Waals surface area (Å²) in [6.07, 6.45) is 0. The van der Waals surface area contributed by atoms with Crippen molar-refractivity contribution >= 4 is 23.7 Å². The monoisotopic (exact) mass is 302 g/mol. The molecule has 20 heavy (non-hydrogen) atoms. The largest absolute Gasteiger partial charge is 0.341 e. The highest BCUT2D eigenvalue weighted by atomic mass is 32.2. The summed E-state index contributed by atoms with van der Waals surface area (Å²) >= 11 is 1.07. The molecule has 0 bridgehead atoms. The van der Waals surface area contributed by atoms with Gasteiger partial charge in [-0.15, -0.1) is 11.8 Å². The number of nitrogens with one attached hydrogen (secondary N) is 2. The van der Waals surface area contributed by atoms with Crippen molar-refractivity contribution < 1.29 is 18.4 Å². The van der Waals surface area contributed by atoms with E-state index in [2.05, 4.69) is 10.6 Å². The van der Waals surface area contributed by atoms with Crippen molar-refractivity contribution in [2.24, 2.45) is 0 Å². The molecule has 4 nitrogen and oxygen atoms in total. The van der Waals surface area contributed by atoms with Crippen molar-refractivity contribution in [2.75, 3.05) is 7.05 Å². The lowest BCUT2D eigenvalue weighted by atomic mass is 10.1. The van der Waals surface area contributed by atoms with Gasteiger partial charge in [0.2, 0.25) is 5.91 Å². The summed E-state index contributed by atoms with van der Waals surface area (Å²) in [5.74, 6) is -1.81. The minimum Gasteiger partial charge on any atom is -0.341 e. The van der Waals surface area contributed by atoms with Crippen molar-refractivity contribution in [3.05, 3.63) is 35.4 Å². The first-order valence-electron chi connectivity index (χ1n) is 5.98. The third-order valence-electron chi connectivity index (χ3n) is 2.65. The highest BCUT2D eigenvalue weighted by Crippen LogP contribution is 2.34. The van der Waals surface area contributed by atoms with E-state index in [1.165, 1.54) is 25.2 Å². The van der Waals surface area contributed by atoms with Crippen LogP contribution in [0.3, 0.4) is 0 Å². The summed E-state index contributed by atoms with van der Waals surface area (Å²) in [5.41, 5.74) is -0.0721. The Labute approximate surface area is 120 Å². The van der Waals surface area contributed by atoms with Crippen LogP contribution < -0.4 is 10.6 Å². The van der Waals surface area contributed by atoms with Gasteiger partial charge in [0.25, 0.3) is 0 Å². The topological polar surface area (TPSA) is 58.2 Å². The molecule has 0 unspecified atom stereocenters. The van der Waals surface area contributed by atoms with Crippen molar-refractivity contribution in [2.45, 2.75) is 24.3 Å². The molecule has 0 radical (unpaired) electrons. The van der Waals surface area contributed by atoms with E-state index in [0.29, 0.717) is 0 Å². The minimum atomic E-state index is -0.649. The lowest BCUT2D eigenvalue weighted by molar-refractivity contribution is -0.119. The number of benzene rings is 1. The van der Waals surface area contributed by atoms with Gasteiger partial charge < -0.3 is 5.32 Å². The summed E-state index contributed by atoms with van der Waals surface area (Å²) in [4.78, 5) is 22.7. The third-order valence-corrected chi connectivity index (χ3v) is 3.91. The molecule has 0 spiro atoms. The van der Waals surface area contributed by atoms with Crippen molar-refractivity contribution in [1.82, 2.24) is 10.6 Å². The van der Waals surface area contributed by atoms with E-state index in [9.17, 15) is 18.4 Å². The standard InChI is InChI=1S/C13H16F2N2O2S/c1-7(11-9(14)5-4-6-10(11)15)20-8(2)12(18)17-13(19)16-3/h4-8H,1-3H3,(H2,16,17,18,19)/t7-,8-/m1/s1. The fourth-order valence-electron chi connectivity index (χ4n) is 1.61. The zero-order chi connectivity index (χ0) is 15.3. The average molecular weight is 302 g/mol. The third kappa shape index (κ3) is 4.19. The number of carbonyl (C=O) groups is 2. The summed E-state index contributed by atoms with van der Waals surface area (Å²) in [6.45, 7) is 3.17. The Morgan fingerprint density at radius 3 is 2.25 bits per heavy atom. The number of hydrogen-bond acceptors (Lipinski definition) is 3. The number of thioether (sulfide) groups is 1. The minimum absolute atomic E-state index is 0.0721. The van der Waals surface area contributed by atoms with Gasteiger partial charge in [0.05, 0.1) is 5.25 Å². The summed E-state index contributed by atoms with van der Waals surface area (Å²) in [7, 11) is 1.39. The van der Waals surface area contributed by atoms with E-state index in [-0.39, 0.29) is 5.56 Å². The maximum atomic E-state index is 13.6. The quantitative estimate of drug-likeness (QED) is 0.899. The van der Waals surface area contributed by atoms with Gasteiger partial charge in [-0.2, -0.15) is 0 Å². The fraction of sp³-hybridized carbons (Fsp3) is 0.385. The van der Waals surface area contributed by atoms with E-state index < -0.39 is 34.1 Å². The number of urea groups is 1. The van der Waals surface area contributed by atoms with Gasteiger partial charge in [0, 0.05) is 17.9 Å². The molecule has 0 saturated heterocycles. The van der Waals surface area contributed by atoms with E-state index in [4.69, 9.17) is 0 Å². The Bertz CT molecular complexity index is 491. The predicted molar refractivity (Wildman–Crippen MR) is 74.4 cm³/mol. The number of rotatable bonds is 4. The number of imide groups is 1.